The Morgan fingerprint density at radius 3 is 3.08 bits per heavy atom. The number of aliphatic imine (C=N–C) groups is 1. The number of nitrogen functional groups attached to an aromatic ring is 1. The maximum atomic E-state index is 11.9. The maximum absolute atomic E-state index is 11.9. The van der Waals surface area contributed by atoms with E-state index in [1.807, 2.05) is 6.08 Å². The fourth-order valence-electron chi connectivity index (χ4n) is 2.20. The number of alkyl halides is 2. The van der Waals surface area contributed by atoms with Crippen LogP contribution in [-0.2, 0) is 9.53 Å². The molecule has 128 valence electrons. The van der Waals surface area contributed by atoms with Gasteiger partial charge < -0.3 is 0 Å². The standard InChI is InChI=1S/C14H16IN6O2S/c1-3-23-14(22)8-4-7(12(15-2)17-8)6-24-9-5-10(16)18-13-11(9)19-21-20-13/h4-5,12H,3,6H2,1-2H3,(H3,16,18,19,20,21)/q-1. The van der Waals surface area contributed by atoms with E-state index in [0.29, 0.717) is 35.1 Å². The third-order valence-electron chi connectivity index (χ3n) is 3.24. The normalized spacial score (nSPS) is 17.2. The summed E-state index contributed by atoms with van der Waals surface area (Å²) in [6, 6.07) is 1.79. The molecule has 3 N–H and O–H groups in total. The van der Waals surface area contributed by atoms with Gasteiger partial charge in [0.05, 0.1) is 0 Å². The molecule has 0 bridgehead atoms. The molecule has 1 atom stereocenters. The van der Waals surface area contributed by atoms with Gasteiger partial charge in [-0.3, -0.25) is 0 Å². The molecule has 0 radical (unpaired) electrons. The van der Waals surface area contributed by atoms with Crippen LogP contribution in [0.15, 0.2) is 27.6 Å². The van der Waals surface area contributed by atoms with E-state index in [2.05, 4.69) is 30.3 Å². The first-order valence-electron chi connectivity index (χ1n) is 7.15. The molecule has 0 amide bonds. The first-order valence-corrected chi connectivity index (χ1v) is 11.5. The molecule has 1 aliphatic heterocycles. The quantitative estimate of drug-likeness (QED) is 0.169. The van der Waals surface area contributed by atoms with Crippen LogP contribution in [-0.4, -0.2) is 53.4 Å². The summed E-state index contributed by atoms with van der Waals surface area (Å²) in [4.78, 5) is 23.6. The predicted octanol–water partition coefficient (Wildman–Crippen LogP) is -1.98. The van der Waals surface area contributed by atoms with Gasteiger partial charge >= 0.3 is 153 Å². The molecule has 2 aromatic heterocycles. The zero-order chi connectivity index (χ0) is 17.1. The number of fused-ring (bicyclic) bond motifs is 1. The molecule has 0 aliphatic carbocycles. The molecule has 1 aliphatic rings. The van der Waals surface area contributed by atoms with Crippen molar-refractivity contribution >= 4 is 40.4 Å². The van der Waals surface area contributed by atoms with Crippen molar-refractivity contribution < 1.29 is 30.7 Å². The summed E-state index contributed by atoms with van der Waals surface area (Å²) in [7, 11) is 0. The number of H-pyrrole nitrogens is 1. The van der Waals surface area contributed by atoms with E-state index in [-0.39, 0.29) is 31.2 Å². The molecule has 0 saturated heterocycles. The number of esters is 1. The zero-order valence-electron chi connectivity index (χ0n) is 13.1. The molecular weight excluding hydrogens is 443 g/mol. The number of carbonyl (C=O) groups is 1. The third kappa shape index (κ3) is 3.53. The summed E-state index contributed by atoms with van der Waals surface area (Å²) in [6.07, 6.45) is 1.85. The molecule has 3 heterocycles. The second kappa shape index (κ2) is 7.47. The van der Waals surface area contributed by atoms with Gasteiger partial charge in [0.1, 0.15) is 0 Å². The first kappa shape index (κ1) is 17.1. The van der Waals surface area contributed by atoms with Crippen molar-refractivity contribution in [1.29, 1.82) is 0 Å². The number of thioether (sulfide) groups is 1. The van der Waals surface area contributed by atoms with Gasteiger partial charge in [-0.2, -0.15) is 0 Å². The Bertz CT molecular complexity index is 834. The summed E-state index contributed by atoms with van der Waals surface area (Å²) in [6.45, 7) is 2.14. The van der Waals surface area contributed by atoms with E-state index in [9.17, 15) is 4.79 Å². The molecule has 0 aromatic carbocycles. The summed E-state index contributed by atoms with van der Waals surface area (Å²) in [5, 5.41) is 10.7. The number of nitrogens with zero attached hydrogens (tertiary/aromatic N) is 4. The third-order valence-corrected chi connectivity index (χ3v) is 6.60. The average Bonchev–Trinajstić information content (AvgIpc) is 3.19. The summed E-state index contributed by atoms with van der Waals surface area (Å²) in [5.74, 6) is 0.755. The van der Waals surface area contributed by atoms with Crippen LogP contribution in [0.1, 0.15) is 6.92 Å². The van der Waals surface area contributed by atoms with Gasteiger partial charge in [-0.25, -0.2) is 0 Å². The van der Waals surface area contributed by atoms with Crippen LogP contribution in [0.5, 0.6) is 0 Å². The van der Waals surface area contributed by atoms with Gasteiger partial charge in [-0.15, -0.1) is 0 Å². The van der Waals surface area contributed by atoms with Gasteiger partial charge in [0.2, 0.25) is 0 Å². The Hall–Kier alpha value is -1.69. The second-order valence-corrected chi connectivity index (χ2v) is 8.28. The minimum absolute atomic E-state index is 0.114. The molecular formula is C14H16IN6O2S-. The Morgan fingerprint density at radius 2 is 2.33 bits per heavy atom. The Kier molecular flexibility index (Phi) is 5.33. The molecule has 3 rings (SSSR count). The van der Waals surface area contributed by atoms with Crippen molar-refractivity contribution in [2.45, 2.75) is 15.9 Å². The summed E-state index contributed by atoms with van der Waals surface area (Å²) >= 11 is 1.43. The monoisotopic (exact) mass is 459 g/mol. The van der Waals surface area contributed by atoms with E-state index >= 15 is 0 Å². The molecule has 8 nitrogen and oxygen atoms in total. The number of halogens is 1. The van der Waals surface area contributed by atoms with Crippen molar-refractivity contribution in [3.63, 3.8) is 0 Å². The van der Waals surface area contributed by atoms with E-state index < -0.39 is 0 Å². The number of pyridine rings is 1. The van der Waals surface area contributed by atoms with Crippen LogP contribution in [0, 0.1) is 0 Å². The molecule has 0 saturated carbocycles. The summed E-state index contributed by atoms with van der Waals surface area (Å²) < 4.78 is 5.15. The average molecular weight is 459 g/mol. The van der Waals surface area contributed by atoms with Gasteiger partial charge in [0.15, 0.2) is 0 Å². The van der Waals surface area contributed by atoms with Crippen molar-refractivity contribution in [2.75, 3.05) is 23.0 Å². The minimum atomic E-state index is -0.355. The Labute approximate surface area is 153 Å². The van der Waals surface area contributed by atoms with E-state index in [4.69, 9.17) is 10.5 Å². The first-order chi connectivity index (χ1) is 11.6. The zero-order valence-corrected chi connectivity index (χ0v) is 16.1. The summed E-state index contributed by atoms with van der Waals surface area (Å²) in [5.41, 5.74) is 8.56. The van der Waals surface area contributed by atoms with E-state index in [1.165, 1.54) is 0 Å². The molecule has 1 unspecified atom stereocenters. The van der Waals surface area contributed by atoms with Crippen LogP contribution in [0.3, 0.4) is 0 Å². The van der Waals surface area contributed by atoms with Crippen LogP contribution in [0.2, 0.25) is 0 Å². The Morgan fingerprint density at radius 1 is 1.50 bits per heavy atom. The van der Waals surface area contributed by atoms with Crippen molar-refractivity contribution in [2.24, 2.45) is 4.99 Å². The number of anilines is 1. The fourth-order valence-corrected chi connectivity index (χ4v) is 5.32. The number of hydrogen-bond acceptors (Lipinski definition) is 8. The van der Waals surface area contributed by atoms with Crippen molar-refractivity contribution in [1.82, 2.24) is 20.4 Å². The van der Waals surface area contributed by atoms with Crippen LogP contribution >= 0.6 is 11.8 Å². The van der Waals surface area contributed by atoms with Crippen LogP contribution < -0.4 is 26.9 Å². The number of nitrogens with two attached hydrogens (primary N) is 1. The van der Waals surface area contributed by atoms with E-state index in [1.54, 1.807) is 24.8 Å². The molecule has 2 aromatic rings. The number of nitrogens with one attached hydrogen (secondary N) is 1. The van der Waals surface area contributed by atoms with E-state index in [0.717, 1.165) is 10.5 Å². The second-order valence-electron chi connectivity index (χ2n) is 4.84. The SMILES string of the molecule is CCOC(=O)C1=NC([I-]C)C(CSc2cc(N)nc3n[nH]nc23)=C1. The molecule has 0 fully saturated rings. The van der Waals surface area contributed by atoms with Crippen LogP contribution in [0.25, 0.3) is 11.2 Å². The predicted molar refractivity (Wildman–Crippen MR) is 88.7 cm³/mol. The van der Waals surface area contributed by atoms with Crippen LogP contribution in [0.4, 0.5) is 5.82 Å². The van der Waals surface area contributed by atoms with Crippen molar-refractivity contribution in [3.05, 3.63) is 17.7 Å². The molecule has 10 heteroatoms. The van der Waals surface area contributed by atoms with Crippen molar-refractivity contribution in [3.8, 4) is 0 Å². The van der Waals surface area contributed by atoms with Gasteiger partial charge in [-0.05, 0) is 0 Å². The van der Waals surface area contributed by atoms with Gasteiger partial charge in [0, 0.05) is 0 Å². The molecule has 24 heavy (non-hydrogen) atoms. The molecule has 0 spiro atoms. The fraction of sp³-hybridized carbons (Fsp3) is 0.357. The van der Waals surface area contributed by atoms with Gasteiger partial charge in [-0.1, -0.05) is 0 Å². The number of carbonyl (C=O) groups excluding carboxylic acids is 1. The number of aromatic nitrogens is 4. The number of aromatic amines is 1. The topological polar surface area (TPSA) is 119 Å². The van der Waals surface area contributed by atoms with Gasteiger partial charge in [0.25, 0.3) is 0 Å². The Balaban J connectivity index is 1.77. The number of ether oxygens (including phenoxy) is 1. The number of hydrogen-bond donors (Lipinski definition) is 2. The number of rotatable bonds is 6.